The molecule has 2 atom stereocenters. The summed E-state index contributed by atoms with van der Waals surface area (Å²) >= 11 is 0. The third-order valence-electron chi connectivity index (χ3n) is 4.54. The summed E-state index contributed by atoms with van der Waals surface area (Å²) in [7, 11) is 0. The van der Waals surface area contributed by atoms with Crippen LogP contribution in [-0.4, -0.2) is 5.11 Å². The van der Waals surface area contributed by atoms with E-state index in [1.54, 1.807) is 0 Å². The van der Waals surface area contributed by atoms with Crippen molar-refractivity contribution >= 4 is 0 Å². The summed E-state index contributed by atoms with van der Waals surface area (Å²) in [6.45, 7) is 8.89. The maximum atomic E-state index is 11.2. The van der Waals surface area contributed by atoms with Gasteiger partial charge in [0, 0.05) is 0 Å². The lowest BCUT2D eigenvalue weighted by molar-refractivity contribution is -0.0210. The molecule has 1 aliphatic rings. The van der Waals surface area contributed by atoms with Gasteiger partial charge in [0.2, 0.25) is 0 Å². The fourth-order valence-electron chi connectivity index (χ4n) is 3.63. The zero-order chi connectivity index (χ0) is 13.3. The predicted molar refractivity (Wildman–Crippen MR) is 76.6 cm³/mol. The van der Waals surface area contributed by atoms with Gasteiger partial charge in [0.05, 0.1) is 5.60 Å². The van der Waals surface area contributed by atoms with Gasteiger partial charge in [-0.2, -0.15) is 0 Å². The van der Waals surface area contributed by atoms with Crippen LogP contribution in [0.15, 0.2) is 24.3 Å². The third-order valence-corrected chi connectivity index (χ3v) is 4.54. The number of rotatable bonds is 3. The molecule has 1 nitrogen and oxygen atoms in total. The van der Waals surface area contributed by atoms with Crippen molar-refractivity contribution in [2.75, 3.05) is 0 Å². The predicted octanol–water partition coefficient (Wildman–Crippen LogP) is 4.45. The van der Waals surface area contributed by atoms with Crippen molar-refractivity contribution in [3.63, 3.8) is 0 Å². The van der Waals surface area contributed by atoms with E-state index in [4.69, 9.17) is 0 Å². The first-order chi connectivity index (χ1) is 8.47. The summed E-state index contributed by atoms with van der Waals surface area (Å²) in [5.41, 5.74) is 1.89. The molecule has 1 aliphatic carbocycles. The molecule has 0 heterocycles. The van der Waals surface area contributed by atoms with Gasteiger partial charge < -0.3 is 5.11 Å². The second-order valence-electron chi connectivity index (χ2n) is 6.41. The number of hydrogen-bond acceptors (Lipinski definition) is 1. The van der Waals surface area contributed by atoms with Crippen molar-refractivity contribution in [3.05, 3.63) is 35.4 Å². The highest BCUT2D eigenvalue weighted by molar-refractivity contribution is 5.36. The Labute approximate surface area is 111 Å². The molecule has 1 aromatic rings. The van der Waals surface area contributed by atoms with Gasteiger partial charge in [0.25, 0.3) is 0 Å². The summed E-state index contributed by atoms with van der Waals surface area (Å²) in [4.78, 5) is 0. The largest absolute Gasteiger partial charge is 0.385 e. The van der Waals surface area contributed by atoms with E-state index in [1.807, 2.05) is 0 Å². The molecule has 2 unspecified atom stereocenters. The third kappa shape index (κ3) is 2.21. The maximum Gasteiger partial charge on any atom is 0.0929 e. The van der Waals surface area contributed by atoms with Crippen LogP contribution in [0.4, 0.5) is 0 Å². The van der Waals surface area contributed by atoms with E-state index in [0.717, 1.165) is 19.3 Å². The number of hydrogen-bond donors (Lipinski definition) is 1. The molecule has 100 valence electrons. The second-order valence-corrected chi connectivity index (χ2v) is 6.41. The van der Waals surface area contributed by atoms with Crippen molar-refractivity contribution in [3.8, 4) is 0 Å². The minimum Gasteiger partial charge on any atom is -0.385 e. The van der Waals surface area contributed by atoms with Crippen LogP contribution in [0.1, 0.15) is 64.0 Å². The van der Waals surface area contributed by atoms with Crippen LogP contribution < -0.4 is 0 Å². The van der Waals surface area contributed by atoms with Gasteiger partial charge in [-0.25, -0.2) is 0 Å². The van der Waals surface area contributed by atoms with Crippen LogP contribution in [-0.2, 0) is 5.60 Å². The monoisotopic (exact) mass is 246 g/mol. The number of benzene rings is 1. The van der Waals surface area contributed by atoms with Crippen LogP contribution in [0.2, 0.25) is 0 Å². The van der Waals surface area contributed by atoms with Crippen molar-refractivity contribution in [1.82, 2.24) is 0 Å². The Morgan fingerprint density at radius 2 is 1.83 bits per heavy atom. The van der Waals surface area contributed by atoms with Crippen molar-refractivity contribution < 1.29 is 5.11 Å². The molecule has 0 saturated heterocycles. The molecule has 1 N–H and O–H groups in total. The highest BCUT2D eigenvalue weighted by Crippen LogP contribution is 2.48. The average molecular weight is 246 g/mol. The Balaban J connectivity index is 2.47. The van der Waals surface area contributed by atoms with E-state index in [2.05, 4.69) is 52.0 Å². The summed E-state index contributed by atoms with van der Waals surface area (Å²) in [6.07, 6.45) is 3.21. The van der Waals surface area contributed by atoms with Gasteiger partial charge in [-0.15, -0.1) is 0 Å². The van der Waals surface area contributed by atoms with Crippen molar-refractivity contribution in [2.45, 2.75) is 58.5 Å². The fourth-order valence-corrected chi connectivity index (χ4v) is 3.63. The van der Waals surface area contributed by atoms with E-state index in [-0.39, 0.29) is 0 Å². The van der Waals surface area contributed by atoms with Crippen molar-refractivity contribution in [2.24, 2.45) is 11.8 Å². The maximum absolute atomic E-state index is 11.2. The zero-order valence-corrected chi connectivity index (χ0v) is 12.1. The quantitative estimate of drug-likeness (QED) is 0.835. The Bertz CT molecular complexity index is 408. The average Bonchev–Trinajstić information content (AvgIpc) is 2.72. The van der Waals surface area contributed by atoms with Gasteiger partial charge in [-0.1, -0.05) is 52.0 Å². The highest BCUT2D eigenvalue weighted by Gasteiger charge is 2.44. The first kappa shape index (κ1) is 13.6. The first-order valence-electron chi connectivity index (χ1n) is 7.28. The molecule has 0 radical (unpaired) electrons. The molecule has 1 saturated carbocycles. The SMILES string of the molecule is CC(C)c1ccccc1C1(O)CCCC1C(C)C. The molecule has 1 heteroatoms. The normalized spacial score (nSPS) is 28.3. The lowest BCUT2D eigenvalue weighted by Gasteiger charge is -2.35. The van der Waals surface area contributed by atoms with E-state index in [9.17, 15) is 5.11 Å². The van der Waals surface area contributed by atoms with E-state index < -0.39 is 5.60 Å². The molecule has 2 rings (SSSR count). The summed E-state index contributed by atoms with van der Waals surface area (Å²) < 4.78 is 0. The zero-order valence-electron chi connectivity index (χ0n) is 12.1. The van der Waals surface area contributed by atoms with Crippen LogP contribution in [0, 0.1) is 11.8 Å². The van der Waals surface area contributed by atoms with E-state index in [1.165, 1.54) is 11.1 Å². The van der Waals surface area contributed by atoms with Crippen LogP contribution in [0.5, 0.6) is 0 Å². The van der Waals surface area contributed by atoms with Crippen LogP contribution in [0.25, 0.3) is 0 Å². The van der Waals surface area contributed by atoms with Crippen LogP contribution >= 0.6 is 0 Å². The minimum absolute atomic E-state index is 0.400. The Hall–Kier alpha value is -0.820. The van der Waals surface area contributed by atoms with Gasteiger partial charge in [0.15, 0.2) is 0 Å². The highest BCUT2D eigenvalue weighted by atomic mass is 16.3. The fraction of sp³-hybridized carbons (Fsp3) is 0.647. The molecule has 0 spiro atoms. The van der Waals surface area contributed by atoms with E-state index in [0.29, 0.717) is 17.8 Å². The second kappa shape index (κ2) is 5.05. The molecular formula is C17H26O. The standard InChI is InChI=1S/C17H26O/c1-12(2)14-8-5-6-9-16(14)17(18)11-7-10-15(17)13(3)4/h5-6,8-9,12-13,15,18H,7,10-11H2,1-4H3. The first-order valence-corrected chi connectivity index (χ1v) is 7.28. The van der Waals surface area contributed by atoms with Crippen molar-refractivity contribution in [1.29, 1.82) is 0 Å². The summed E-state index contributed by atoms with van der Waals surface area (Å²) in [5, 5.41) is 11.2. The topological polar surface area (TPSA) is 20.2 Å². The smallest absolute Gasteiger partial charge is 0.0929 e. The van der Waals surface area contributed by atoms with Gasteiger partial charge in [0.1, 0.15) is 0 Å². The molecule has 1 aromatic carbocycles. The molecular weight excluding hydrogens is 220 g/mol. The minimum atomic E-state index is -0.602. The summed E-state index contributed by atoms with van der Waals surface area (Å²) in [6, 6.07) is 8.46. The Morgan fingerprint density at radius 3 is 2.44 bits per heavy atom. The Kier molecular flexibility index (Phi) is 3.82. The summed E-state index contributed by atoms with van der Waals surface area (Å²) in [5.74, 6) is 1.41. The molecule has 18 heavy (non-hydrogen) atoms. The molecule has 1 fully saturated rings. The lowest BCUT2D eigenvalue weighted by Crippen LogP contribution is -2.34. The van der Waals surface area contributed by atoms with E-state index >= 15 is 0 Å². The van der Waals surface area contributed by atoms with Crippen LogP contribution in [0.3, 0.4) is 0 Å². The number of aliphatic hydroxyl groups is 1. The molecule has 0 bridgehead atoms. The molecule has 0 aromatic heterocycles. The van der Waals surface area contributed by atoms with Gasteiger partial charge in [-0.05, 0) is 48.1 Å². The Morgan fingerprint density at radius 1 is 1.17 bits per heavy atom. The van der Waals surface area contributed by atoms with Gasteiger partial charge in [-0.3, -0.25) is 0 Å². The lowest BCUT2D eigenvalue weighted by atomic mass is 9.75. The molecule has 0 amide bonds. The molecule has 0 aliphatic heterocycles. The van der Waals surface area contributed by atoms with Gasteiger partial charge >= 0.3 is 0 Å².